The lowest BCUT2D eigenvalue weighted by molar-refractivity contribution is 0.374. The Balaban J connectivity index is 2.02. The molecule has 1 saturated carbocycles. The Labute approximate surface area is 67.1 Å². The van der Waals surface area contributed by atoms with Crippen LogP contribution < -0.4 is 0 Å². The molecule has 0 bridgehead atoms. The van der Waals surface area contributed by atoms with Crippen LogP contribution in [0.3, 0.4) is 0 Å². The van der Waals surface area contributed by atoms with Crippen molar-refractivity contribution in [1.82, 2.24) is 4.90 Å². The van der Waals surface area contributed by atoms with Crippen molar-refractivity contribution in [2.24, 2.45) is 11.3 Å². The van der Waals surface area contributed by atoms with Gasteiger partial charge in [-0.05, 0) is 18.5 Å². The molecule has 2 nitrogen and oxygen atoms in total. The van der Waals surface area contributed by atoms with E-state index in [1.54, 1.807) is 0 Å². The van der Waals surface area contributed by atoms with E-state index in [1.165, 1.54) is 6.42 Å². The number of hydrogen-bond acceptors (Lipinski definition) is 2. The lowest BCUT2D eigenvalue weighted by Crippen LogP contribution is -2.18. The van der Waals surface area contributed by atoms with Crippen molar-refractivity contribution in [1.29, 1.82) is 5.26 Å². The van der Waals surface area contributed by atoms with E-state index < -0.39 is 0 Å². The number of nitriles is 1. The van der Waals surface area contributed by atoms with E-state index in [1.807, 2.05) is 6.20 Å². The third-order valence-corrected chi connectivity index (χ3v) is 3.02. The van der Waals surface area contributed by atoms with Gasteiger partial charge in [0, 0.05) is 24.9 Å². The Morgan fingerprint density at radius 2 is 2.64 bits per heavy atom. The number of likely N-dealkylation sites (tertiary alicyclic amines) is 1. The summed E-state index contributed by atoms with van der Waals surface area (Å²) in [6.45, 7) is 5.93. The first-order valence-corrected chi connectivity index (χ1v) is 4.04. The fourth-order valence-corrected chi connectivity index (χ4v) is 2.20. The van der Waals surface area contributed by atoms with Crippen molar-refractivity contribution in [2.75, 3.05) is 13.1 Å². The summed E-state index contributed by atoms with van der Waals surface area (Å²) in [7, 11) is 0. The van der Waals surface area contributed by atoms with Crippen LogP contribution in [0.1, 0.15) is 12.8 Å². The highest BCUT2D eigenvalue weighted by Crippen LogP contribution is 2.59. The lowest BCUT2D eigenvalue weighted by atomic mass is 10.0. The van der Waals surface area contributed by atoms with Crippen LogP contribution in [0.15, 0.2) is 12.8 Å². The van der Waals surface area contributed by atoms with Crippen LogP contribution in [-0.4, -0.2) is 18.0 Å². The van der Waals surface area contributed by atoms with Gasteiger partial charge in [-0.2, -0.15) is 5.26 Å². The highest BCUT2D eigenvalue weighted by Gasteiger charge is 2.58. The fraction of sp³-hybridized carbons (Fsp3) is 0.667. The molecule has 2 fully saturated rings. The summed E-state index contributed by atoms with van der Waals surface area (Å²) in [6.07, 6.45) is 3.90. The topological polar surface area (TPSA) is 27.0 Å². The highest BCUT2D eigenvalue weighted by atomic mass is 15.2. The van der Waals surface area contributed by atoms with E-state index in [0.29, 0.717) is 5.41 Å². The highest BCUT2D eigenvalue weighted by molar-refractivity contribution is 5.14. The monoisotopic (exact) mass is 148 g/mol. The Morgan fingerprint density at radius 3 is 3.18 bits per heavy atom. The second-order valence-corrected chi connectivity index (χ2v) is 3.71. The van der Waals surface area contributed by atoms with Gasteiger partial charge in [0.1, 0.15) is 0 Å². The molecule has 0 amide bonds. The molecule has 0 aromatic carbocycles. The normalized spacial score (nSPS) is 39.5. The van der Waals surface area contributed by atoms with Crippen molar-refractivity contribution in [2.45, 2.75) is 12.8 Å². The Morgan fingerprint density at radius 1 is 1.82 bits per heavy atom. The summed E-state index contributed by atoms with van der Waals surface area (Å²) in [4.78, 5) is 2.23. The fourth-order valence-electron chi connectivity index (χ4n) is 2.20. The minimum atomic E-state index is 0.378. The molecule has 2 heteroatoms. The van der Waals surface area contributed by atoms with Gasteiger partial charge in [0.05, 0.1) is 6.07 Å². The average Bonchev–Trinajstić information content (AvgIpc) is 2.54. The van der Waals surface area contributed by atoms with Crippen LogP contribution in [0.25, 0.3) is 0 Å². The third-order valence-electron chi connectivity index (χ3n) is 3.02. The SMILES string of the molecule is C=CN1CC2CC2(CC#N)C1. The van der Waals surface area contributed by atoms with Gasteiger partial charge in [-0.1, -0.05) is 6.58 Å². The van der Waals surface area contributed by atoms with Gasteiger partial charge in [0.2, 0.25) is 0 Å². The van der Waals surface area contributed by atoms with Gasteiger partial charge >= 0.3 is 0 Å². The molecule has 1 saturated heterocycles. The first-order valence-electron chi connectivity index (χ1n) is 4.04. The summed E-state index contributed by atoms with van der Waals surface area (Å²) in [5.41, 5.74) is 0.378. The standard InChI is InChI=1S/C9H12N2/c1-2-11-6-8-5-9(8,7-11)3-4-10/h2,8H,1,3,5-7H2. The molecule has 2 atom stereocenters. The van der Waals surface area contributed by atoms with E-state index in [2.05, 4.69) is 17.5 Å². The number of nitrogens with zero attached hydrogens (tertiary/aromatic N) is 2. The molecule has 0 N–H and O–H groups in total. The van der Waals surface area contributed by atoms with Crippen LogP contribution in [0.5, 0.6) is 0 Å². The molecule has 1 aliphatic carbocycles. The van der Waals surface area contributed by atoms with Crippen molar-refractivity contribution in [3.63, 3.8) is 0 Å². The van der Waals surface area contributed by atoms with Crippen LogP contribution >= 0.6 is 0 Å². The van der Waals surface area contributed by atoms with E-state index in [9.17, 15) is 0 Å². The van der Waals surface area contributed by atoms with E-state index in [-0.39, 0.29) is 0 Å². The van der Waals surface area contributed by atoms with Gasteiger partial charge in [0.25, 0.3) is 0 Å². The van der Waals surface area contributed by atoms with Crippen LogP contribution in [0.4, 0.5) is 0 Å². The Hall–Kier alpha value is -0.970. The molecule has 58 valence electrons. The van der Waals surface area contributed by atoms with Crippen LogP contribution in [0, 0.1) is 22.7 Å². The van der Waals surface area contributed by atoms with Gasteiger partial charge in [-0.25, -0.2) is 0 Å². The third kappa shape index (κ3) is 0.841. The predicted octanol–water partition coefficient (Wildman–Crippen LogP) is 1.37. The number of piperidine rings is 1. The van der Waals surface area contributed by atoms with Crippen molar-refractivity contribution in [3.05, 3.63) is 12.8 Å². The number of rotatable bonds is 2. The van der Waals surface area contributed by atoms with Crippen molar-refractivity contribution >= 4 is 0 Å². The second kappa shape index (κ2) is 2.01. The van der Waals surface area contributed by atoms with E-state index in [4.69, 9.17) is 5.26 Å². The summed E-state index contributed by atoms with van der Waals surface area (Å²) in [6, 6.07) is 2.28. The molecule has 2 rings (SSSR count). The first-order chi connectivity index (χ1) is 5.30. The first kappa shape index (κ1) is 6.72. The predicted molar refractivity (Wildman–Crippen MR) is 42.5 cm³/mol. The quantitative estimate of drug-likeness (QED) is 0.591. The number of fused-ring (bicyclic) bond motifs is 1. The molecule has 0 radical (unpaired) electrons. The minimum Gasteiger partial charge on any atom is -0.377 e. The zero-order chi connectivity index (χ0) is 7.90. The second-order valence-electron chi connectivity index (χ2n) is 3.71. The zero-order valence-corrected chi connectivity index (χ0v) is 6.58. The molecule has 0 aromatic rings. The maximum atomic E-state index is 8.58. The lowest BCUT2D eigenvalue weighted by Gasteiger charge is -2.15. The van der Waals surface area contributed by atoms with E-state index in [0.717, 1.165) is 25.4 Å². The Bertz CT molecular complexity index is 228. The zero-order valence-electron chi connectivity index (χ0n) is 6.58. The van der Waals surface area contributed by atoms with Gasteiger partial charge in [-0.3, -0.25) is 0 Å². The average molecular weight is 148 g/mol. The van der Waals surface area contributed by atoms with Crippen molar-refractivity contribution in [3.8, 4) is 6.07 Å². The molecular formula is C9H12N2. The molecule has 1 aliphatic heterocycles. The summed E-state index contributed by atoms with van der Waals surface area (Å²) in [5, 5.41) is 8.58. The van der Waals surface area contributed by atoms with Gasteiger partial charge < -0.3 is 4.90 Å². The molecule has 0 spiro atoms. The van der Waals surface area contributed by atoms with Crippen LogP contribution in [-0.2, 0) is 0 Å². The molecular weight excluding hydrogens is 136 g/mol. The van der Waals surface area contributed by atoms with E-state index >= 15 is 0 Å². The van der Waals surface area contributed by atoms with Crippen molar-refractivity contribution < 1.29 is 0 Å². The molecule has 11 heavy (non-hydrogen) atoms. The Kier molecular flexibility index (Phi) is 1.23. The maximum absolute atomic E-state index is 8.58. The maximum Gasteiger partial charge on any atom is 0.0628 e. The van der Waals surface area contributed by atoms with Gasteiger partial charge in [0.15, 0.2) is 0 Å². The summed E-state index contributed by atoms with van der Waals surface area (Å²) < 4.78 is 0. The molecule has 0 aromatic heterocycles. The smallest absolute Gasteiger partial charge is 0.0628 e. The summed E-state index contributed by atoms with van der Waals surface area (Å²) in [5.74, 6) is 0.792. The minimum absolute atomic E-state index is 0.378. The molecule has 2 aliphatic rings. The largest absolute Gasteiger partial charge is 0.377 e. The van der Waals surface area contributed by atoms with Gasteiger partial charge in [-0.15, -0.1) is 0 Å². The molecule has 1 heterocycles. The van der Waals surface area contributed by atoms with Crippen LogP contribution in [0.2, 0.25) is 0 Å². The summed E-state index contributed by atoms with van der Waals surface area (Å²) >= 11 is 0. The number of hydrogen-bond donors (Lipinski definition) is 0. The molecule has 2 unspecified atom stereocenters.